The Morgan fingerprint density at radius 2 is 1.95 bits per heavy atom. The maximum atomic E-state index is 4.88. The summed E-state index contributed by atoms with van der Waals surface area (Å²) in [5, 5.41) is 4.36. The first-order chi connectivity index (χ1) is 10.9. The van der Waals surface area contributed by atoms with Crippen molar-refractivity contribution < 1.29 is 0 Å². The molecule has 3 heterocycles. The summed E-state index contributed by atoms with van der Waals surface area (Å²) < 4.78 is 0. The number of rotatable bonds is 2. The van der Waals surface area contributed by atoms with Crippen LogP contribution in [0, 0.1) is 0 Å². The van der Waals surface area contributed by atoms with Crippen molar-refractivity contribution in [1.82, 2.24) is 15.3 Å². The molecule has 0 saturated heterocycles. The number of hydrogen-bond donors (Lipinski definition) is 1. The van der Waals surface area contributed by atoms with Crippen LogP contribution in [0.2, 0.25) is 0 Å². The molecule has 0 amide bonds. The first-order valence-electron chi connectivity index (χ1n) is 7.87. The standard InChI is InChI=1S/C17H20N4S/c1-22-17-19-14-7-10-18-9-6-13(14)16(20-17)21-11-8-12-4-2-3-5-15(12)21/h2-5,18H,6-11H2,1H3. The second-order valence-electron chi connectivity index (χ2n) is 5.74. The number of benzene rings is 1. The minimum Gasteiger partial charge on any atom is -0.325 e. The Morgan fingerprint density at radius 3 is 2.86 bits per heavy atom. The van der Waals surface area contributed by atoms with Gasteiger partial charge in [0.05, 0.1) is 5.69 Å². The lowest BCUT2D eigenvalue weighted by atomic mass is 10.1. The molecule has 0 spiro atoms. The molecule has 0 radical (unpaired) electrons. The average Bonchev–Trinajstić information content (AvgIpc) is 2.84. The predicted molar refractivity (Wildman–Crippen MR) is 91.2 cm³/mol. The van der Waals surface area contributed by atoms with E-state index in [9.17, 15) is 0 Å². The monoisotopic (exact) mass is 312 g/mol. The lowest BCUT2D eigenvalue weighted by Crippen LogP contribution is -2.19. The fourth-order valence-electron chi connectivity index (χ4n) is 3.38. The van der Waals surface area contributed by atoms with Gasteiger partial charge in [0.25, 0.3) is 0 Å². The number of anilines is 2. The van der Waals surface area contributed by atoms with E-state index in [-0.39, 0.29) is 0 Å². The Bertz CT molecular complexity index is 701. The Kier molecular flexibility index (Phi) is 3.76. The van der Waals surface area contributed by atoms with Gasteiger partial charge in [-0.15, -0.1) is 0 Å². The number of hydrogen-bond acceptors (Lipinski definition) is 5. The van der Waals surface area contributed by atoms with Crippen LogP contribution in [0.4, 0.5) is 11.5 Å². The summed E-state index contributed by atoms with van der Waals surface area (Å²) in [5.41, 5.74) is 5.29. The molecule has 2 aliphatic rings. The van der Waals surface area contributed by atoms with Gasteiger partial charge in [0.15, 0.2) is 5.16 Å². The van der Waals surface area contributed by atoms with Crippen molar-refractivity contribution in [3.8, 4) is 0 Å². The Hall–Kier alpha value is -1.59. The largest absolute Gasteiger partial charge is 0.325 e. The molecule has 114 valence electrons. The van der Waals surface area contributed by atoms with E-state index in [0.717, 1.165) is 49.9 Å². The van der Waals surface area contributed by atoms with Crippen molar-refractivity contribution in [3.05, 3.63) is 41.1 Å². The van der Waals surface area contributed by atoms with Crippen molar-refractivity contribution in [2.45, 2.75) is 24.4 Å². The van der Waals surface area contributed by atoms with Crippen LogP contribution in [0.25, 0.3) is 0 Å². The molecule has 4 nitrogen and oxygen atoms in total. The second kappa shape index (κ2) is 5.89. The van der Waals surface area contributed by atoms with Crippen molar-refractivity contribution >= 4 is 23.3 Å². The van der Waals surface area contributed by atoms with Gasteiger partial charge in [0.1, 0.15) is 5.82 Å². The van der Waals surface area contributed by atoms with E-state index in [1.165, 1.54) is 22.5 Å². The Balaban J connectivity index is 1.84. The van der Waals surface area contributed by atoms with Crippen molar-refractivity contribution in [2.75, 3.05) is 30.8 Å². The summed E-state index contributed by atoms with van der Waals surface area (Å²) in [4.78, 5) is 12.0. The van der Waals surface area contributed by atoms with Crippen LogP contribution in [-0.4, -0.2) is 35.9 Å². The summed E-state index contributed by atoms with van der Waals surface area (Å²) >= 11 is 1.63. The summed E-state index contributed by atoms with van der Waals surface area (Å²) in [6.45, 7) is 3.04. The molecule has 0 unspecified atom stereocenters. The van der Waals surface area contributed by atoms with E-state index in [0.29, 0.717) is 0 Å². The average molecular weight is 312 g/mol. The third-order valence-corrected chi connectivity index (χ3v) is 5.01. The molecule has 1 aromatic heterocycles. The fraction of sp³-hybridized carbons (Fsp3) is 0.412. The van der Waals surface area contributed by atoms with E-state index in [4.69, 9.17) is 9.97 Å². The highest BCUT2D eigenvalue weighted by Crippen LogP contribution is 2.36. The maximum Gasteiger partial charge on any atom is 0.189 e. The number of aromatic nitrogens is 2. The molecular weight excluding hydrogens is 292 g/mol. The zero-order valence-corrected chi connectivity index (χ0v) is 13.6. The molecular formula is C17H20N4S. The van der Waals surface area contributed by atoms with E-state index in [1.54, 1.807) is 11.8 Å². The highest BCUT2D eigenvalue weighted by atomic mass is 32.2. The topological polar surface area (TPSA) is 41.1 Å². The van der Waals surface area contributed by atoms with Crippen LogP contribution in [-0.2, 0) is 19.3 Å². The summed E-state index contributed by atoms with van der Waals surface area (Å²) in [6, 6.07) is 8.69. The normalized spacial score (nSPS) is 17.0. The van der Waals surface area contributed by atoms with Gasteiger partial charge in [-0.3, -0.25) is 0 Å². The summed E-state index contributed by atoms with van der Waals surface area (Å²) in [5.74, 6) is 1.13. The van der Waals surface area contributed by atoms with Crippen LogP contribution < -0.4 is 10.2 Å². The first-order valence-corrected chi connectivity index (χ1v) is 9.09. The molecule has 1 N–H and O–H groups in total. The van der Waals surface area contributed by atoms with Crippen molar-refractivity contribution in [1.29, 1.82) is 0 Å². The molecule has 0 aliphatic carbocycles. The van der Waals surface area contributed by atoms with E-state index in [1.807, 2.05) is 0 Å². The van der Waals surface area contributed by atoms with E-state index in [2.05, 4.69) is 40.7 Å². The van der Waals surface area contributed by atoms with Gasteiger partial charge < -0.3 is 10.2 Å². The Labute approximate surface area is 135 Å². The van der Waals surface area contributed by atoms with E-state index >= 15 is 0 Å². The van der Waals surface area contributed by atoms with Gasteiger partial charge in [-0.25, -0.2) is 9.97 Å². The lowest BCUT2D eigenvalue weighted by molar-refractivity contribution is 0.707. The summed E-state index contributed by atoms with van der Waals surface area (Å²) in [7, 11) is 0. The molecule has 1 aromatic carbocycles. The smallest absolute Gasteiger partial charge is 0.189 e. The van der Waals surface area contributed by atoms with Gasteiger partial charge in [-0.1, -0.05) is 30.0 Å². The third-order valence-electron chi connectivity index (χ3n) is 4.47. The van der Waals surface area contributed by atoms with Crippen LogP contribution in [0.1, 0.15) is 16.8 Å². The number of thioether (sulfide) groups is 1. The van der Waals surface area contributed by atoms with Crippen LogP contribution in [0.3, 0.4) is 0 Å². The molecule has 2 aliphatic heterocycles. The Morgan fingerprint density at radius 1 is 1.09 bits per heavy atom. The molecule has 0 saturated carbocycles. The van der Waals surface area contributed by atoms with Crippen LogP contribution >= 0.6 is 11.8 Å². The molecule has 4 rings (SSSR count). The highest BCUT2D eigenvalue weighted by Gasteiger charge is 2.26. The molecule has 22 heavy (non-hydrogen) atoms. The van der Waals surface area contributed by atoms with Crippen LogP contribution in [0.15, 0.2) is 29.4 Å². The number of para-hydroxylation sites is 1. The van der Waals surface area contributed by atoms with Gasteiger partial charge >= 0.3 is 0 Å². The minimum absolute atomic E-state index is 0.889. The molecule has 0 bridgehead atoms. The summed E-state index contributed by atoms with van der Waals surface area (Å²) in [6.07, 6.45) is 5.16. The zero-order chi connectivity index (χ0) is 14.9. The van der Waals surface area contributed by atoms with Gasteiger partial charge in [-0.05, 0) is 37.3 Å². The second-order valence-corrected chi connectivity index (χ2v) is 6.51. The van der Waals surface area contributed by atoms with Gasteiger partial charge in [0, 0.05) is 30.8 Å². The molecule has 0 fully saturated rings. The van der Waals surface area contributed by atoms with Crippen molar-refractivity contribution in [2.24, 2.45) is 0 Å². The molecule has 5 heteroatoms. The van der Waals surface area contributed by atoms with Crippen molar-refractivity contribution in [3.63, 3.8) is 0 Å². The fourth-order valence-corrected chi connectivity index (χ4v) is 3.76. The van der Waals surface area contributed by atoms with Crippen LogP contribution in [0.5, 0.6) is 0 Å². The minimum atomic E-state index is 0.889. The van der Waals surface area contributed by atoms with Gasteiger partial charge in [-0.2, -0.15) is 0 Å². The quantitative estimate of drug-likeness (QED) is 0.682. The highest BCUT2D eigenvalue weighted by molar-refractivity contribution is 7.98. The predicted octanol–water partition coefficient (Wildman–Crippen LogP) is 2.58. The lowest BCUT2D eigenvalue weighted by Gasteiger charge is -2.23. The van der Waals surface area contributed by atoms with Gasteiger partial charge in [0.2, 0.25) is 0 Å². The maximum absolute atomic E-state index is 4.88. The number of fused-ring (bicyclic) bond motifs is 2. The van der Waals surface area contributed by atoms with E-state index < -0.39 is 0 Å². The number of nitrogens with one attached hydrogen (secondary N) is 1. The molecule has 0 atom stereocenters. The zero-order valence-electron chi connectivity index (χ0n) is 12.8. The first kappa shape index (κ1) is 14.0. The third kappa shape index (κ3) is 2.38. The number of nitrogens with zero attached hydrogens (tertiary/aromatic N) is 3. The molecule has 2 aromatic rings. The SMILES string of the molecule is CSc1nc2c(c(N3CCc4ccccc43)n1)CCNCC2.